The van der Waals surface area contributed by atoms with Gasteiger partial charge in [-0.3, -0.25) is 4.90 Å². The highest BCUT2D eigenvalue weighted by Gasteiger charge is 2.71. The molecule has 1 N–H and O–H groups in total. The highest BCUT2D eigenvalue weighted by Crippen LogP contribution is 2.72. The maximum absolute atomic E-state index is 10.8. The summed E-state index contributed by atoms with van der Waals surface area (Å²) < 4.78 is 0. The average Bonchev–Trinajstić information content (AvgIpc) is 3.15. The Morgan fingerprint density at radius 2 is 2.08 bits per heavy atom. The molecule has 2 heteroatoms. The van der Waals surface area contributed by atoms with Crippen molar-refractivity contribution >= 4 is 0 Å². The van der Waals surface area contributed by atoms with Gasteiger partial charge in [0.1, 0.15) is 0 Å². The van der Waals surface area contributed by atoms with E-state index in [0.717, 1.165) is 29.7 Å². The van der Waals surface area contributed by atoms with Gasteiger partial charge >= 0.3 is 0 Å². The number of nitrogens with zero attached hydrogens (tertiary/aromatic N) is 1. The summed E-state index contributed by atoms with van der Waals surface area (Å²) in [5, 5.41) is 10.8. The van der Waals surface area contributed by atoms with Gasteiger partial charge < -0.3 is 5.11 Å². The van der Waals surface area contributed by atoms with Gasteiger partial charge in [0.05, 0.1) is 0 Å². The number of allylic oxidation sites excluding steroid dienone is 1. The lowest BCUT2D eigenvalue weighted by Gasteiger charge is -2.67. The molecule has 0 amide bonds. The average molecular weight is 330 g/mol. The molecule has 0 aromatic rings. The molecule has 4 bridgehead atoms. The Morgan fingerprint density at radius 3 is 2.88 bits per heavy atom. The summed E-state index contributed by atoms with van der Waals surface area (Å²) in [5.74, 6) is 3.28. The molecular weight excluding hydrogens is 294 g/mol. The van der Waals surface area contributed by atoms with Crippen LogP contribution < -0.4 is 0 Å². The van der Waals surface area contributed by atoms with Crippen LogP contribution in [-0.2, 0) is 0 Å². The van der Waals surface area contributed by atoms with Crippen molar-refractivity contribution in [2.75, 3.05) is 19.7 Å². The number of aliphatic hydroxyl groups excluding tert-OH is 1. The van der Waals surface area contributed by atoms with E-state index in [1.165, 1.54) is 64.5 Å². The summed E-state index contributed by atoms with van der Waals surface area (Å²) in [4.78, 5) is 2.91. The molecule has 0 spiro atoms. The molecule has 0 aromatic heterocycles. The summed E-state index contributed by atoms with van der Waals surface area (Å²) in [6.07, 6.45) is 13.3. The number of piperidine rings is 1. The molecule has 5 rings (SSSR count). The molecule has 5 aliphatic rings. The lowest BCUT2D eigenvalue weighted by atomic mass is 9.42. The maximum Gasteiger partial charge on any atom is 0.0499 e. The minimum absolute atomic E-state index is 0.190. The largest absolute Gasteiger partial charge is 0.396 e. The summed E-state index contributed by atoms with van der Waals surface area (Å²) in [6, 6.07) is 0.731. The van der Waals surface area contributed by atoms with Gasteiger partial charge in [-0.05, 0) is 68.6 Å². The third-order valence-corrected chi connectivity index (χ3v) is 9.23. The van der Waals surface area contributed by atoms with Crippen molar-refractivity contribution in [2.45, 2.75) is 71.3 Å². The standard InChI is InChI=1S/C22H35NO/c1-3-10-22-19-6-4-5-16(19)7-8-17-13-23-12-15(2)18(20(22)23)9-11-21(17,22)14-24/h6,15-18,20,24H,3-5,7-14H2,1-2H3/t15-,16-,17?,18?,20?,21?,22+/m1/s1. The maximum atomic E-state index is 10.8. The van der Waals surface area contributed by atoms with Crippen LogP contribution in [0, 0.1) is 34.5 Å². The van der Waals surface area contributed by atoms with Gasteiger partial charge in [0.15, 0.2) is 0 Å². The van der Waals surface area contributed by atoms with E-state index >= 15 is 0 Å². The highest BCUT2D eigenvalue weighted by atomic mass is 16.3. The molecule has 2 nitrogen and oxygen atoms in total. The van der Waals surface area contributed by atoms with Gasteiger partial charge in [-0.2, -0.15) is 0 Å². The van der Waals surface area contributed by atoms with Gasteiger partial charge in [0.2, 0.25) is 0 Å². The second-order valence-electron chi connectivity index (χ2n) is 9.82. The van der Waals surface area contributed by atoms with Crippen LogP contribution >= 0.6 is 0 Å². The molecular formula is C22H35NO. The molecule has 2 aliphatic heterocycles. The summed E-state index contributed by atoms with van der Waals surface area (Å²) in [6.45, 7) is 7.92. The zero-order valence-electron chi connectivity index (χ0n) is 15.6. The van der Waals surface area contributed by atoms with Crippen LogP contribution in [0.1, 0.15) is 65.2 Å². The summed E-state index contributed by atoms with van der Waals surface area (Å²) >= 11 is 0. The Balaban J connectivity index is 1.76. The summed E-state index contributed by atoms with van der Waals surface area (Å²) in [5.41, 5.74) is 2.31. The lowest BCUT2D eigenvalue weighted by molar-refractivity contribution is -0.173. The van der Waals surface area contributed by atoms with Crippen LogP contribution in [-0.4, -0.2) is 35.7 Å². The van der Waals surface area contributed by atoms with Crippen molar-refractivity contribution in [3.63, 3.8) is 0 Å². The van der Waals surface area contributed by atoms with Crippen molar-refractivity contribution in [1.82, 2.24) is 4.90 Å². The van der Waals surface area contributed by atoms with E-state index < -0.39 is 0 Å². The molecule has 0 aromatic carbocycles. The number of hydrogen-bond donors (Lipinski definition) is 1. The Bertz CT molecular complexity index is 556. The smallest absolute Gasteiger partial charge is 0.0499 e. The van der Waals surface area contributed by atoms with Crippen molar-refractivity contribution in [1.29, 1.82) is 0 Å². The lowest BCUT2D eigenvalue weighted by Crippen LogP contribution is -2.69. The Morgan fingerprint density at radius 1 is 1.21 bits per heavy atom. The van der Waals surface area contributed by atoms with Crippen molar-refractivity contribution in [3.05, 3.63) is 11.6 Å². The van der Waals surface area contributed by atoms with E-state index in [9.17, 15) is 5.11 Å². The van der Waals surface area contributed by atoms with Gasteiger partial charge in [0.25, 0.3) is 0 Å². The van der Waals surface area contributed by atoms with Crippen LogP contribution in [0.5, 0.6) is 0 Å². The van der Waals surface area contributed by atoms with Crippen LogP contribution in [0.15, 0.2) is 11.6 Å². The number of rotatable bonds is 3. The van der Waals surface area contributed by atoms with Crippen LogP contribution in [0.4, 0.5) is 0 Å². The van der Waals surface area contributed by atoms with Gasteiger partial charge in [-0.25, -0.2) is 0 Å². The molecule has 4 unspecified atom stereocenters. The monoisotopic (exact) mass is 329 g/mol. The van der Waals surface area contributed by atoms with Crippen molar-refractivity contribution in [2.24, 2.45) is 34.5 Å². The molecule has 7 atom stereocenters. The minimum atomic E-state index is 0.190. The second kappa shape index (κ2) is 5.33. The Labute approximate surface area is 147 Å². The van der Waals surface area contributed by atoms with E-state index in [1.807, 2.05) is 5.57 Å². The molecule has 2 saturated carbocycles. The molecule has 4 fully saturated rings. The number of fused-ring (bicyclic) bond motifs is 1. The molecule has 2 heterocycles. The third-order valence-electron chi connectivity index (χ3n) is 9.23. The van der Waals surface area contributed by atoms with Crippen LogP contribution in [0.25, 0.3) is 0 Å². The van der Waals surface area contributed by atoms with Crippen molar-refractivity contribution in [3.8, 4) is 0 Å². The van der Waals surface area contributed by atoms with Gasteiger partial charge in [0, 0.05) is 36.6 Å². The Kier molecular flexibility index (Phi) is 3.53. The van der Waals surface area contributed by atoms with E-state index in [2.05, 4.69) is 24.8 Å². The molecule has 0 radical (unpaired) electrons. The topological polar surface area (TPSA) is 23.5 Å². The number of aliphatic hydroxyl groups is 1. The first-order valence-electron chi connectivity index (χ1n) is 10.7. The molecule has 2 saturated heterocycles. The molecule has 3 aliphatic carbocycles. The van der Waals surface area contributed by atoms with Crippen LogP contribution in [0.3, 0.4) is 0 Å². The summed E-state index contributed by atoms with van der Waals surface area (Å²) in [7, 11) is 0. The minimum Gasteiger partial charge on any atom is -0.396 e. The van der Waals surface area contributed by atoms with E-state index in [1.54, 1.807) is 0 Å². The third kappa shape index (κ3) is 1.66. The van der Waals surface area contributed by atoms with E-state index in [0.29, 0.717) is 12.0 Å². The molecule has 24 heavy (non-hydrogen) atoms. The fourth-order valence-corrected chi connectivity index (χ4v) is 8.60. The Hall–Kier alpha value is -0.340. The first-order valence-corrected chi connectivity index (χ1v) is 10.7. The predicted octanol–water partition coefficient (Wildman–Crippen LogP) is 4.24. The SMILES string of the molecule is CCC[C@@]12C3=CCC[C@@H]3CCC3CN4C[C@@H](C)C(CCC31CO)C42. The normalized spacial score (nSPS) is 52.8. The predicted molar refractivity (Wildman–Crippen MR) is 97.6 cm³/mol. The quantitative estimate of drug-likeness (QED) is 0.783. The highest BCUT2D eigenvalue weighted by molar-refractivity contribution is 5.36. The van der Waals surface area contributed by atoms with E-state index in [4.69, 9.17) is 0 Å². The molecule has 134 valence electrons. The van der Waals surface area contributed by atoms with Gasteiger partial charge in [-0.1, -0.05) is 31.9 Å². The fourth-order valence-electron chi connectivity index (χ4n) is 8.60. The van der Waals surface area contributed by atoms with Crippen LogP contribution in [0.2, 0.25) is 0 Å². The van der Waals surface area contributed by atoms with Crippen molar-refractivity contribution < 1.29 is 5.11 Å². The van der Waals surface area contributed by atoms with Gasteiger partial charge in [-0.15, -0.1) is 0 Å². The fraction of sp³-hybridized carbons (Fsp3) is 0.909. The zero-order chi connectivity index (χ0) is 16.5. The second-order valence-corrected chi connectivity index (χ2v) is 9.82. The first kappa shape index (κ1) is 15.9. The zero-order valence-corrected chi connectivity index (χ0v) is 15.6. The van der Waals surface area contributed by atoms with E-state index in [-0.39, 0.29) is 5.41 Å². The first-order chi connectivity index (χ1) is 11.7. The number of hydrogen-bond acceptors (Lipinski definition) is 2.